The Morgan fingerprint density at radius 1 is 0.365 bits per heavy atom. The van der Waals surface area contributed by atoms with E-state index in [4.69, 9.17) is 29.2 Å². The number of rotatable bonds is 20. The SMILES string of the molecule is CN(C)c1cccc(Nc2nc(Nc3ccc4[nH]ncc4c3)c3sccc3n2)c1.COc1ccc(Nc2nc(Nc3ccc4[nH]ncc4c3)c3sccc3n2)cc1O.COc1ccc(Nc2nc(Nc3ccc4[nH]ncc4c3)c3sccc3n2)cc1OC.OC1CCC(Nc2nc(Nc3ccc4[nH]ncc4c3)c3sccc3n2)CC1. The Kier molecular flexibility index (Phi) is 21.2. The van der Waals surface area contributed by atoms with Crippen molar-refractivity contribution in [2.75, 3.05) is 82.9 Å². The molecule has 12 aromatic heterocycles. The van der Waals surface area contributed by atoms with Gasteiger partial charge in [0.25, 0.3) is 0 Å². The van der Waals surface area contributed by atoms with Crippen LogP contribution in [0.2, 0.25) is 0 Å². The van der Waals surface area contributed by atoms with Crippen molar-refractivity contribution in [2.24, 2.45) is 0 Å². The molecule has 1 aliphatic carbocycles. The number of nitrogens with one attached hydrogen (secondary N) is 12. The molecule has 34 heteroatoms. The number of aliphatic hydroxyl groups is 1. The Hall–Kier alpha value is -14.1. The maximum atomic E-state index is 10.0. The molecular formula is C81H73N25O5S4. The molecule has 0 bridgehead atoms. The monoisotopic (exact) mass is 1600 g/mol. The third-order valence-corrected chi connectivity index (χ3v) is 22.4. The van der Waals surface area contributed by atoms with Gasteiger partial charge in [0.05, 0.1) is 115 Å². The lowest BCUT2D eigenvalue weighted by atomic mass is 9.93. The summed E-state index contributed by atoms with van der Waals surface area (Å²) >= 11 is 6.41. The highest BCUT2D eigenvalue weighted by Gasteiger charge is 2.22. The lowest BCUT2D eigenvalue weighted by Crippen LogP contribution is -2.29. The van der Waals surface area contributed by atoms with Gasteiger partial charge >= 0.3 is 0 Å². The van der Waals surface area contributed by atoms with Gasteiger partial charge in [0, 0.05) is 99.3 Å². The molecule has 0 spiro atoms. The van der Waals surface area contributed by atoms with Crippen LogP contribution in [0.25, 0.3) is 84.5 Å². The standard InChI is InChI=1S/C21H19N7S.C21H18N6O2S.C20H16N6O2S.C19H20N6OS/c1-28(2)16-5-3-4-14(11-16)24-21-25-18-8-9-29-19(18)20(26-21)23-15-6-7-17-13(10-15)12-22-27-17;1-28-17-6-4-14(10-18(17)29-2)24-21-25-16-7-8-30-19(16)20(26-21)23-13-3-5-15-12(9-13)11-22-27-15;1-28-17-5-3-13(9-16(17)27)23-20-24-15-6-7-29-18(15)19(25-20)22-12-2-4-14-11(8-12)10-21-26-14;26-14-4-1-12(2-5-14)22-19-23-16-7-8-27-17(16)18(24-19)21-13-3-6-15-11(9-13)10-20-25-15/h3-12H,1-2H3,(H,22,27)(H2,23,24,25,26);3-11H,1-2H3,(H,22,27)(H2,23,24,25,26);2-10,27H,1H3,(H,21,26)(H2,22,23,24,25);3,6-10,12,14,26H,1-2,4-5H2,(H,20,25)(H2,21,22,23,24). The van der Waals surface area contributed by atoms with Crippen LogP contribution in [-0.2, 0) is 0 Å². The van der Waals surface area contributed by atoms with Gasteiger partial charge in [-0.2, -0.15) is 40.3 Å². The number of aliphatic hydroxyl groups excluding tert-OH is 1. The van der Waals surface area contributed by atoms with Crippen LogP contribution >= 0.6 is 45.3 Å². The number of methoxy groups -OCH3 is 3. The Labute approximate surface area is 670 Å². The number of hydrogen-bond donors (Lipinski definition) is 14. The van der Waals surface area contributed by atoms with Crippen LogP contribution < -0.4 is 61.6 Å². The van der Waals surface area contributed by atoms with E-state index in [2.05, 4.69) is 131 Å². The summed E-state index contributed by atoms with van der Waals surface area (Å²) < 4.78 is 19.8. The zero-order valence-corrected chi connectivity index (χ0v) is 65.4. The van der Waals surface area contributed by atoms with Gasteiger partial charge in [-0.05, 0) is 187 Å². The molecule has 0 atom stereocenters. The number of aromatic nitrogens is 16. The maximum absolute atomic E-state index is 10.0. The zero-order chi connectivity index (χ0) is 78.3. The first kappa shape index (κ1) is 73.7. The third-order valence-electron chi connectivity index (χ3n) is 18.7. The lowest BCUT2D eigenvalue weighted by molar-refractivity contribution is 0.126. The maximum Gasteiger partial charge on any atom is 0.229 e. The first-order valence-electron chi connectivity index (χ1n) is 36.3. The van der Waals surface area contributed by atoms with E-state index in [0.29, 0.717) is 58.6 Å². The van der Waals surface area contributed by atoms with Crippen LogP contribution in [0.3, 0.4) is 0 Å². The number of nitrogens with zero attached hydrogens (tertiary/aromatic N) is 13. The van der Waals surface area contributed by atoms with E-state index in [1.165, 1.54) is 7.11 Å². The number of phenolic OH excluding ortho intramolecular Hbond substituents is 1. The number of aromatic hydroxyl groups is 1. The fourth-order valence-electron chi connectivity index (χ4n) is 13.0. The molecule has 12 heterocycles. The summed E-state index contributed by atoms with van der Waals surface area (Å²) in [6.07, 6.45) is 10.6. The van der Waals surface area contributed by atoms with E-state index in [0.717, 1.165) is 167 Å². The number of H-pyrrole nitrogens is 4. The van der Waals surface area contributed by atoms with Crippen molar-refractivity contribution in [3.63, 3.8) is 0 Å². The molecule has 0 saturated heterocycles. The van der Waals surface area contributed by atoms with Crippen LogP contribution in [-0.4, -0.2) is 138 Å². The summed E-state index contributed by atoms with van der Waals surface area (Å²) in [6.45, 7) is 0. The van der Waals surface area contributed by atoms with Crippen LogP contribution in [0.5, 0.6) is 23.0 Å². The molecule has 14 N–H and O–H groups in total. The molecule has 115 heavy (non-hydrogen) atoms. The van der Waals surface area contributed by atoms with E-state index in [1.54, 1.807) is 90.2 Å². The second-order valence-electron chi connectivity index (χ2n) is 26.7. The first-order valence-corrected chi connectivity index (χ1v) is 39.8. The number of phenols is 1. The number of fused-ring (bicyclic) bond motifs is 8. The van der Waals surface area contributed by atoms with Crippen molar-refractivity contribution >= 4 is 222 Å². The van der Waals surface area contributed by atoms with E-state index < -0.39 is 0 Å². The van der Waals surface area contributed by atoms with Crippen LogP contribution in [0.15, 0.2) is 204 Å². The van der Waals surface area contributed by atoms with E-state index >= 15 is 0 Å². The summed E-state index contributed by atoms with van der Waals surface area (Å²) in [5.41, 5.74) is 14.7. The molecule has 1 saturated carbocycles. The average Bonchev–Trinajstić information content (AvgIpc) is 1.71. The molecule has 7 aromatic carbocycles. The fraction of sp³-hybridized carbons (Fsp3) is 0.136. The number of aromatic amines is 4. The molecule has 576 valence electrons. The van der Waals surface area contributed by atoms with Crippen LogP contribution in [0.4, 0.5) is 92.6 Å². The molecule has 1 fully saturated rings. The van der Waals surface area contributed by atoms with Crippen molar-refractivity contribution in [2.45, 2.75) is 37.8 Å². The Bertz CT molecular complexity index is 6640. The highest BCUT2D eigenvalue weighted by molar-refractivity contribution is 7.18. The lowest BCUT2D eigenvalue weighted by Gasteiger charge is -2.26. The highest BCUT2D eigenvalue weighted by Crippen LogP contribution is 2.39. The van der Waals surface area contributed by atoms with Gasteiger partial charge in [-0.25, -0.2) is 19.9 Å². The largest absolute Gasteiger partial charge is 0.504 e. The van der Waals surface area contributed by atoms with Gasteiger partial charge < -0.3 is 71.9 Å². The minimum absolute atomic E-state index is 0.0425. The summed E-state index contributed by atoms with van der Waals surface area (Å²) in [4.78, 5) is 39.4. The minimum atomic E-state index is -0.168. The van der Waals surface area contributed by atoms with Gasteiger partial charge in [0.2, 0.25) is 23.8 Å². The molecule has 0 aliphatic heterocycles. The molecule has 20 rings (SSSR count). The Morgan fingerprint density at radius 2 is 0.713 bits per heavy atom. The number of benzene rings is 7. The summed E-state index contributed by atoms with van der Waals surface area (Å²) in [5.74, 6) is 6.85. The highest BCUT2D eigenvalue weighted by atomic mass is 32.1. The summed E-state index contributed by atoms with van der Waals surface area (Å²) in [5, 5.41) is 86.9. The second kappa shape index (κ2) is 33.1. The molecular weight excluding hydrogens is 1530 g/mol. The molecule has 19 aromatic rings. The van der Waals surface area contributed by atoms with E-state index in [9.17, 15) is 10.2 Å². The van der Waals surface area contributed by atoms with E-state index in [1.807, 2.05) is 169 Å². The van der Waals surface area contributed by atoms with E-state index in [-0.39, 0.29) is 11.9 Å². The number of thiophene rings is 4. The van der Waals surface area contributed by atoms with Gasteiger partial charge in [-0.3, -0.25) is 20.4 Å². The summed E-state index contributed by atoms with van der Waals surface area (Å²) in [7, 11) is 8.76. The van der Waals surface area contributed by atoms with Crippen molar-refractivity contribution in [3.8, 4) is 23.0 Å². The quantitative estimate of drug-likeness (QED) is 0.0337. The predicted molar refractivity (Wildman–Crippen MR) is 464 cm³/mol. The fourth-order valence-corrected chi connectivity index (χ4v) is 16.1. The van der Waals surface area contributed by atoms with Crippen molar-refractivity contribution < 1.29 is 24.4 Å². The zero-order valence-electron chi connectivity index (χ0n) is 62.2. The Morgan fingerprint density at radius 3 is 1.10 bits per heavy atom. The number of anilines is 16. The van der Waals surface area contributed by atoms with Gasteiger partial charge in [0.15, 0.2) is 46.3 Å². The van der Waals surface area contributed by atoms with Crippen molar-refractivity contribution in [3.05, 3.63) is 204 Å². The van der Waals surface area contributed by atoms with Gasteiger partial charge in [0.1, 0.15) is 0 Å². The molecule has 0 radical (unpaired) electrons. The number of ether oxygens (including phenoxy) is 3. The second-order valence-corrected chi connectivity index (χ2v) is 30.4. The van der Waals surface area contributed by atoms with Crippen molar-refractivity contribution in [1.29, 1.82) is 0 Å². The van der Waals surface area contributed by atoms with Gasteiger partial charge in [-0.1, -0.05) is 6.07 Å². The van der Waals surface area contributed by atoms with Crippen LogP contribution in [0, 0.1) is 0 Å². The van der Waals surface area contributed by atoms with Crippen LogP contribution in [0.1, 0.15) is 25.7 Å². The summed E-state index contributed by atoms with van der Waals surface area (Å²) in [6, 6.07) is 51.1. The normalized spacial score (nSPS) is 13.2. The Balaban J connectivity index is 0.000000111. The predicted octanol–water partition coefficient (Wildman–Crippen LogP) is 19.0. The third kappa shape index (κ3) is 16.9. The molecule has 0 unspecified atom stereocenters. The average molecular weight is 1600 g/mol. The molecule has 0 amide bonds. The first-order chi connectivity index (χ1) is 56.3. The topological polar surface area (TPSA) is 385 Å². The van der Waals surface area contributed by atoms with Gasteiger partial charge in [-0.15, -0.1) is 45.3 Å². The smallest absolute Gasteiger partial charge is 0.229 e. The molecule has 30 nitrogen and oxygen atoms in total. The minimum Gasteiger partial charge on any atom is -0.504 e. The molecule has 1 aliphatic rings. The van der Waals surface area contributed by atoms with Crippen molar-refractivity contribution in [1.82, 2.24) is 80.7 Å². The number of hydrogen-bond acceptors (Lipinski definition) is 30.